The number of carbonyl (C=O) groups excluding carboxylic acids is 1. The van der Waals surface area contributed by atoms with Crippen molar-refractivity contribution in [1.29, 1.82) is 0 Å². The lowest BCUT2D eigenvalue weighted by molar-refractivity contribution is 0.102. The predicted molar refractivity (Wildman–Crippen MR) is 143 cm³/mol. The first kappa shape index (κ1) is 24.1. The van der Waals surface area contributed by atoms with E-state index >= 15 is 0 Å². The molecule has 1 atom stereocenters. The first-order valence-corrected chi connectivity index (χ1v) is 12.5. The van der Waals surface area contributed by atoms with Crippen LogP contribution in [-0.4, -0.2) is 48.7 Å². The Kier molecular flexibility index (Phi) is 6.78. The molecule has 0 spiro atoms. The van der Waals surface area contributed by atoms with Crippen molar-refractivity contribution in [1.82, 2.24) is 15.3 Å². The minimum absolute atomic E-state index is 0.0759. The minimum atomic E-state index is -0.195. The highest BCUT2D eigenvalue weighted by Gasteiger charge is 2.36. The van der Waals surface area contributed by atoms with Gasteiger partial charge in [0.25, 0.3) is 5.91 Å². The van der Waals surface area contributed by atoms with Crippen molar-refractivity contribution in [3.8, 4) is 5.88 Å². The first-order chi connectivity index (χ1) is 17.4. The summed E-state index contributed by atoms with van der Waals surface area (Å²) in [4.78, 5) is 24.3. The Hall–Kier alpha value is -3.65. The maximum atomic E-state index is 13.3. The number of aromatic nitrogens is 2. The van der Waals surface area contributed by atoms with E-state index in [0.717, 1.165) is 30.9 Å². The fourth-order valence-electron chi connectivity index (χ4n) is 5.22. The van der Waals surface area contributed by atoms with Gasteiger partial charge in [0.1, 0.15) is 5.82 Å². The molecule has 1 fully saturated rings. The van der Waals surface area contributed by atoms with Crippen LogP contribution in [-0.2, 0) is 12.0 Å². The van der Waals surface area contributed by atoms with Gasteiger partial charge in [-0.25, -0.2) is 9.97 Å². The summed E-state index contributed by atoms with van der Waals surface area (Å²) in [6, 6.07) is 14.1. The standard InChI is InChI=1S/C28H34N6O2/c1-28(2)18-34(17-21-6-4-11-29-21)24-15-20(8-9-23(24)28)33-27(35)22-7-5-12-31-26(22)32-16-19-10-13-30-25(14-19)36-3/h5,7-10,12-15,21,29H,4,6,11,16-18H2,1-3H3,(H,31,32)(H,33,35). The van der Waals surface area contributed by atoms with Crippen molar-refractivity contribution in [3.63, 3.8) is 0 Å². The normalized spacial score (nSPS) is 18.1. The van der Waals surface area contributed by atoms with Crippen LogP contribution in [0.25, 0.3) is 0 Å². The van der Waals surface area contributed by atoms with E-state index in [2.05, 4.69) is 56.8 Å². The van der Waals surface area contributed by atoms with Crippen molar-refractivity contribution in [3.05, 3.63) is 71.5 Å². The summed E-state index contributed by atoms with van der Waals surface area (Å²) in [5, 5.41) is 9.98. The third-order valence-electron chi connectivity index (χ3n) is 7.04. The van der Waals surface area contributed by atoms with Crippen molar-refractivity contribution in [2.75, 3.05) is 42.3 Å². The lowest BCUT2D eigenvalue weighted by atomic mass is 9.87. The second-order valence-corrected chi connectivity index (χ2v) is 10.2. The SMILES string of the molecule is COc1cc(CNc2ncccc2C(=O)Nc2ccc3c(c2)N(CC2CCCN2)CC3(C)C)ccn1. The molecule has 8 heteroatoms. The smallest absolute Gasteiger partial charge is 0.259 e. The number of fused-ring (bicyclic) bond motifs is 1. The molecule has 8 nitrogen and oxygen atoms in total. The molecule has 2 aliphatic rings. The molecular weight excluding hydrogens is 452 g/mol. The van der Waals surface area contributed by atoms with E-state index in [1.54, 1.807) is 31.6 Å². The molecule has 188 valence electrons. The van der Waals surface area contributed by atoms with Crippen LogP contribution in [0.5, 0.6) is 5.88 Å². The Balaban J connectivity index is 1.31. The number of anilines is 3. The molecular formula is C28H34N6O2. The summed E-state index contributed by atoms with van der Waals surface area (Å²) in [6.45, 7) is 8.14. The number of rotatable bonds is 8. The molecule has 0 radical (unpaired) electrons. The summed E-state index contributed by atoms with van der Waals surface area (Å²) >= 11 is 0. The summed E-state index contributed by atoms with van der Waals surface area (Å²) in [7, 11) is 1.59. The van der Waals surface area contributed by atoms with Crippen molar-refractivity contribution in [2.24, 2.45) is 0 Å². The van der Waals surface area contributed by atoms with Gasteiger partial charge in [0.15, 0.2) is 0 Å². The average molecular weight is 487 g/mol. The highest BCUT2D eigenvalue weighted by molar-refractivity contribution is 6.07. The summed E-state index contributed by atoms with van der Waals surface area (Å²) in [5.74, 6) is 0.881. The van der Waals surface area contributed by atoms with Gasteiger partial charge in [-0.1, -0.05) is 19.9 Å². The fourth-order valence-corrected chi connectivity index (χ4v) is 5.22. The summed E-state index contributed by atoms with van der Waals surface area (Å²) in [5.41, 5.74) is 4.88. The summed E-state index contributed by atoms with van der Waals surface area (Å²) in [6.07, 6.45) is 5.83. The molecule has 1 amide bonds. The molecule has 0 saturated carbocycles. The topological polar surface area (TPSA) is 91.4 Å². The van der Waals surface area contributed by atoms with Crippen LogP contribution in [0.15, 0.2) is 54.9 Å². The van der Waals surface area contributed by atoms with E-state index in [-0.39, 0.29) is 11.3 Å². The van der Waals surface area contributed by atoms with Gasteiger partial charge in [-0.05, 0) is 60.8 Å². The molecule has 5 rings (SSSR count). The number of hydrogen-bond donors (Lipinski definition) is 3. The number of amides is 1. The van der Waals surface area contributed by atoms with Gasteiger partial charge >= 0.3 is 0 Å². The molecule has 3 aromatic rings. The van der Waals surface area contributed by atoms with Crippen LogP contribution >= 0.6 is 0 Å². The number of ether oxygens (including phenoxy) is 1. The fraction of sp³-hybridized carbons (Fsp3) is 0.393. The zero-order valence-electron chi connectivity index (χ0n) is 21.2. The third kappa shape index (κ3) is 5.14. The van der Waals surface area contributed by atoms with E-state index in [4.69, 9.17) is 4.74 Å². The largest absolute Gasteiger partial charge is 0.481 e. The zero-order chi connectivity index (χ0) is 25.1. The molecule has 3 N–H and O–H groups in total. The van der Waals surface area contributed by atoms with Crippen molar-refractivity contribution in [2.45, 2.75) is 44.7 Å². The number of benzene rings is 1. The zero-order valence-corrected chi connectivity index (χ0v) is 21.2. The predicted octanol–water partition coefficient (Wildman–Crippen LogP) is 4.20. The highest BCUT2D eigenvalue weighted by atomic mass is 16.5. The Morgan fingerprint density at radius 1 is 1.19 bits per heavy atom. The molecule has 1 unspecified atom stereocenters. The van der Waals surface area contributed by atoms with Gasteiger partial charge in [-0.2, -0.15) is 0 Å². The molecule has 2 aromatic heterocycles. The van der Waals surface area contributed by atoms with Crippen LogP contribution < -0.4 is 25.6 Å². The van der Waals surface area contributed by atoms with Crippen LogP contribution in [0.3, 0.4) is 0 Å². The van der Waals surface area contributed by atoms with Gasteiger partial charge in [-0.15, -0.1) is 0 Å². The van der Waals surface area contributed by atoms with E-state index in [9.17, 15) is 4.79 Å². The van der Waals surface area contributed by atoms with Crippen molar-refractivity contribution >= 4 is 23.1 Å². The molecule has 1 aromatic carbocycles. The maximum absolute atomic E-state index is 13.3. The van der Waals surface area contributed by atoms with Crippen LogP contribution in [0.4, 0.5) is 17.2 Å². The third-order valence-corrected chi connectivity index (χ3v) is 7.04. The molecule has 1 saturated heterocycles. The quantitative estimate of drug-likeness (QED) is 0.440. The molecule has 36 heavy (non-hydrogen) atoms. The highest BCUT2D eigenvalue weighted by Crippen LogP contribution is 2.42. The Morgan fingerprint density at radius 3 is 2.89 bits per heavy atom. The Morgan fingerprint density at radius 2 is 2.08 bits per heavy atom. The number of hydrogen-bond acceptors (Lipinski definition) is 7. The number of carbonyl (C=O) groups is 1. The van der Waals surface area contributed by atoms with Crippen LogP contribution in [0.2, 0.25) is 0 Å². The van der Waals surface area contributed by atoms with Gasteiger partial charge < -0.3 is 25.6 Å². The molecule has 0 aliphatic carbocycles. The van der Waals surface area contributed by atoms with E-state index in [1.807, 2.05) is 18.2 Å². The molecule has 2 aliphatic heterocycles. The number of nitrogens with one attached hydrogen (secondary N) is 3. The Labute approximate surface area is 212 Å². The lowest BCUT2D eigenvalue weighted by Crippen LogP contribution is -2.38. The summed E-state index contributed by atoms with van der Waals surface area (Å²) < 4.78 is 5.20. The van der Waals surface area contributed by atoms with Gasteiger partial charge in [0.2, 0.25) is 5.88 Å². The number of nitrogens with zero attached hydrogens (tertiary/aromatic N) is 3. The van der Waals surface area contributed by atoms with E-state index in [0.29, 0.717) is 29.8 Å². The van der Waals surface area contributed by atoms with Gasteiger partial charge in [0.05, 0.1) is 12.7 Å². The molecule has 4 heterocycles. The van der Waals surface area contributed by atoms with Gasteiger partial charge in [-0.3, -0.25) is 4.79 Å². The average Bonchev–Trinajstić information content (AvgIpc) is 3.48. The number of pyridine rings is 2. The van der Waals surface area contributed by atoms with Crippen LogP contribution in [0, 0.1) is 0 Å². The second-order valence-electron chi connectivity index (χ2n) is 10.2. The Bertz CT molecular complexity index is 1240. The lowest BCUT2D eigenvalue weighted by Gasteiger charge is -2.25. The van der Waals surface area contributed by atoms with Crippen LogP contribution in [0.1, 0.15) is 48.2 Å². The molecule has 0 bridgehead atoms. The van der Waals surface area contributed by atoms with E-state index in [1.165, 1.54) is 24.1 Å². The van der Waals surface area contributed by atoms with E-state index < -0.39 is 0 Å². The minimum Gasteiger partial charge on any atom is -0.481 e. The van der Waals surface area contributed by atoms with Gasteiger partial charge in [0, 0.05) is 60.9 Å². The van der Waals surface area contributed by atoms with Crippen molar-refractivity contribution < 1.29 is 9.53 Å². The monoisotopic (exact) mass is 486 g/mol. The first-order valence-electron chi connectivity index (χ1n) is 12.5. The number of methoxy groups -OCH3 is 1. The maximum Gasteiger partial charge on any atom is 0.259 e. The second kappa shape index (κ2) is 10.1.